The van der Waals surface area contributed by atoms with E-state index in [9.17, 15) is 9.59 Å². The van der Waals surface area contributed by atoms with Crippen molar-refractivity contribution in [3.05, 3.63) is 107 Å². The molecular weight excluding hydrogens is 368 g/mol. The lowest BCUT2D eigenvalue weighted by Crippen LogP contribution is -2.39. The van der Waals surface area contributed by atoms with Crippen molar-refractivity contribution in [2.45, 2.75) is 24.4 Å². The second kappa shape index (κ2) is 7.18. The van der Waals surface area contributed by atoms with Gasteiger partial charge in [0.1, 0.15) is 12.2 Å². The van der Waals surface area contributed by atoms with Crippen LogP contribution < -0.4 is 0 Å². The molecular formula is C24H18O5. The van der Waals surface area contributed by atoms with Crippen LogP contribution in [0.25, 0.3) is 0 Å². The molecule has 0 aliphatic carbocycles. The maximum atomic E-state index is 12.7. The van der Waals surface area contributed by atoms with Gasteiger partial charge in [-0.2, -0.15) is 0 Å². The smallest absolute Gasteiger partial charge is 0.338 e. The van der Waals surface area contributed by atoms with Crippen LogP contribution in [0.1, 0.15) is 44.1 Å². The van der Waals surface area contributed by atoms with Gasteiger partial charge in [-0.1, -0.05) is 60.7 Å². The van der Waals surface area contributed by atoms with Gasteiger partial charge in [-0.3, -0.25) is 0 Å². The number of esters is 2. The lowest BCUT2D eigenvalue weighted by Gasteiger charge is -2.29. The van der Waals surface area contributed by atoms with Gasteiger partial charge in [-0.15, -0.1) is 0 Å². The van der Waals surface area contributed by atoms with Crippen molar-refractivity contribution in [3.63, 3.8) is 0 Å². The van der Waals surface area contributed by atoms with E-state index in [0.29, 0.717) is 11.1 Å². The Bertz CT molecular complexity index is 963. The predicted octanol–water partition coefficient (Wildman–Crippen LogP) is 4.26. The molecule has 0 aromatic heterocycles. The summed E-state index contributed by atoms with van der Waals surface area (Å²) >= 11 is 0. The lowest BCUT2D eigenvalue weighted by atomic mass is 9.87. The number of carbonyl (C=O) groups excluding carboxylic acids is 2. The first-order valence-electron chi connectivity index (χ1n) is 9.49. The SMILES string of the molecule is O=C(O[C@@H]1C2OC(c3ccccc32)[C@@H]1OC(=O)c1ccccc1)c1ccccc1. The van der Waals surface area contributed by atoms with Gasteiger partial charge in [-0.05, 0) is 35.4 Å². The van der Waals surface area contributed by atoms with Crippen LogP contribution in [0.5, 0.6) is 0 Å². The highest BCUT2D eigenvalue weighted by Gasteiger charge is 2.56. The molecule has 0 radical (unpaired) electrons. The number of rotatable bonds is 4. The van der Waals surface area contributed by atoms with Crippen molar-refractivity contribution < 1.29 is 23.8 Å². The van der Waals surface area contributed by atoms with Crippen molar-refractivity contribution in [2.24, 2.45) is 0 Å². The van der Waals surface area contributed by atoms with E-state index in [2.05, 4.69) is 0 Å². The van der Waals surface area contributed by atoms with Crippen molar-refractivity contribution in [2.75, 3.05) is 0 Å². The summed E-state index contributed by atoms with van der Waals surface area (Å²) in [5.41, 5.74) is 2.82. The maximum absolute atomic E-state index is 12.7. The number of ether oxygens (including phenoxy) is 3. The summed E-state index contributed by atoms with van der Waals surface area (Å²) in [6.07, 6.45) is -2.35. The van der Waals surface area contributed by atoms with Crippen LogP contribution in [0.2, 0.25) is 0 Å². The van der Waals surface area contributed by atoms with Crippen LogP contribution in [-0.4, -0.2) is 24.1 Å². The average molecular weight is 386 g/mol. The summed E-state index contributed by atoms with van der Waals surface area (Å²) in [6, 6.07) is 25.3. The van der Waals surface area contributed by atoms with Crippen molar-refractivity contribution in [3.8, 4) is 0 Å². The first-order chi connectivity index (χ1) is 14.2. The van der Waals surface area contributed by atoms with Gasteiger partial charge in [-0.25, -0.2) is 9.59 Å². The minimum absolute atomic E-state index is 0.441. The molecule has 0 saturated carbocycles. The number of hydrogen-bond acceptors (Lipinski definition) is 5. The minimum atomic E-state index is -0.713. The molecule has 3 aromatic rings. The van der Waals surface area contributed by atoms with Gasteiger partial charge in [0, 0.05) is 0 Å². The number of fused-ring (bicyclic) bond motifs is 5. The highest BCUT2D eigenvalue weighted by Crippen LogP contribution is 2.53. The second-order valence-corrected chi connectivity index (χ2v) is 7.08. The van der Waals surface area contributed by atoms with E-state index in [4.69, 9.17) is 14.2 Å². The molecule has 0 amide bonds. The Morgan fingerprint density at radius 3 is 1.38 bits per heavy atom. The van der Waals surface area contributed by atoms with Gasteiger partial charge >= 0.3 is 11.9 Å². The Morgan fingerprint density at radius 2 is 0.966 bits per heavy atom. The lowest BCUT2D eigenvalue weighted by molar-refractivity contribution is -0.0348. The molecule has 5 rings (SSSR count). The topological polar surface area (TPSA) is 61.8 Å². The maximum Gasteiger partial charge on any atom is 0.338 e. The molecule has 2 bridgehead atoms. The molecule has 3 aromatic carbocycles. The third-order valence-corrected chi connectivity index (χ3v) is 5.33. The quantitative estimate of drug-likeness (QED) is 0.627. The van der Waals surface area contributed by atoms with Crippen LogP contribution in [0.15, 0.2) is 84.9 Å². The van der Waals surface area contributed by atoms with E-state index in [1.165, 1.54) is 0 Å². The molecule has 1 fully saturated rings. The molecule has 1 saturated heterocycles. The molecule has 4 atom stereocenters. The predicted molar refractivity (Wildman–Crippen MR) is 104 cm³/mol. The normalized spacial score (nSPS) is 24.0. The monoisotopic (exact) mass is 386 g/mol. The molecule has 0 spiro atoms. The zero-order valence-corrected chi connectivity index (χ0v) is 15.4. The first-order valence-corrected chi connectivity index (χ1v) is 9.49. The molecule has 2 heterocycles. The molecule has 5 heteroatoms. The summed E-state index contributed by atoms with van der Waals surface area (Å²) in [4.78, 5) is 25.3. The molecule has 29 heavy (non-hydrogen) atoms. The van der Waals surface area contributed by atoms with E-state index in [1.807, 2.05) is 36.4 Å². The minimum Gasteiger partial charge on any atom is -0.452 e. The Balaban J connectivity index is 1.44. The van der Waals surface area contributed by atoms with Gasteiger partial charge < -0.3 is 14.2 Å². The summed E-state index contributed by atoms with van der Waals surface area (Å²) in [5, 5.41) is 0. The van der Waals surface area contributed by atoms with E-state index >= 15 is 0 Å². The van der Waals surface area contributed by atoms with Crippen LogP contribution in [0.4, 0.5) is 0 Å². The second-order valence-electron chi connectivity index (χ2n) is 7.08. The molecule has 2 aliphatic heterocycles. The fourth-order valence-electron chi connectivity index (χ4n) is 3.98. The fraction of sp³-hybridized carbons (Fsp3) is 0.167. The fourth-order valence-corrected chi connectivity index (χ4v) is 3.98. The highest BCUT2D eigenvalue weighted by molar-refractivity contribution is 5.90. The van der Waals surface area contributed by atoms with Crippen LogP contribution in [0, 0.1) is 0 Å². The number of benzene rings is 3. The molecule has 0 N–H and O–H groups in total. The third-order valence-electron chi connectivity index (χ3n) is 5.33. The Labute approximate surface area is 167 Å². The van der Waals surface area contributed by atoms with Gasteiger partial charge in [0.15, 0.2) is 12.2 Å². The average Bonchev–Trinajstić information content (AvgIpc) is 3.32. The number of hydrogen-bond donors (Lipinski definition) is 0. The Morgan fingerprint density at radius 1 is 0.586 bits per heavy atom. The summed E-state index contributed by atoms with van der Waals surface area (Å²) in [5.74, 6) is -0.935. The third kappa shape index (κ3) is 3.09. The van der Waals surface area contributed by atoms with Crippen LogP contribution in [-0.2, 0) is 14.2 Å². The van der Waals surface area contributed by atoms with Crippen molar-refractivity contribution in [1.82, 2.24) is 0 Å². The van der Waals surface area contributed by atoms with E-state index in [-0.39, 0.29) is 0 Å². The van der Waals surface area contributed by atoms with Crippen LogP contribution in [0.3, 0.4) is 0 Å². The Kier molecular flexibility index (Phi) is 4.37. The van der Waals surface area contributed by atoms with E-state index < -0.39 is 36.4 Å². The first kappa shape index (κ1) is 17.6. The van der Waals surface area contributed by atoms with Gasteiger partial charge in [0.25, 0.3) is 0 Å². The summed E-state index contributed by atoms with van der Waals surface area (Å²) in [7, 11) is 0. The van der Waals surface area contributed by atoms with Crippen molar-refractivity contribution >= 4 is 11.9 Å². The Hall–Kier alpha value is -3.44. The van der Waals surface area contributed by atoms with Crippen LogP contribution >= 0.6 is 0 Å². The molecule has 144 valence electrons. The van der Waals surface area contributed by atoms with Crippen molar-refractivity contribution in [1.29, 1.82) is 0 Å². The van der Waals surface area contributed by atoms with E-state index in [0.717, 1.165) is 11.1 Å². The van der Waals surface area contributed by atoms with Gasteiger partial charge in [0.2, 0.25) is 0 Å². The van der Waals surface area contributed by atoms with Gasteiger partial charge in [0.05, 0.1) is 11.1 Å². The summed E-state index contributed by atoms with van der Waals surface area (Å²) in [6.45, 7) is 0. The standard InChI is InChI=1S/C24H18O5/c25-23(15-9-3-1-4-10-15)28-21-19-17-13-7-8-14-18(17)20(27-19)22(21)29-24(26)16-11-5-2-6-12-16/h1-14,19-22H/t19?,20?,21-,22+. The largest absolute Gasteiger partial charge is 0.452 e. The molecule has 2 aliphatic rings. The molecule has 2 unspecified atom stereocenters. The molecule has 5 nitrogen and oxygen atoms in total. The zero-order valence-electron chi connectivity index (χ0n) is 15.4. The highest BCUT2D eigenvalue weighted by atomic mass is 16.6. The van der Waals surface area contributed by atoms with E-state index in [1.54, 1.807) is 48.5 Å². The zero-order chi connectivity index (χ0) is 19.8. The number of carbonyl (C=O) groups is 2. The summed E-state index contributed by atoms with van der Waals surface area (Å²) < 4.78 is 17.7.